The Morgan fingerprint density at radius 2 is 1.90 bits per heavy atom. The highest BCUT2D eigenvalue weighted by Crippen LogP contribution is 2.40. The van der Waals surface area contributed by atoms with Gasteiger partial charge in [-0.25, -0.2) is 0 Å². The predicted octanol–water partition coefficient (Wildman–Crippen LogP) is 5.37. The molecule has 0 radical (unpaired) electrons. The molecule has 3 aromatic rings. The van der Waals surface area contributed by atoms with Crippen molar-refractivity contribution in [3.05, 3.63) is 62.9 Å². The van der Waals surface area contributed by atoms with Crippen molar-refractivity contribution in [1.29, 1.82) is 0 Å². The third-order valence-corrected chi connectivity index (χ3v) is 4.99. The number of carbonyl (C=O) groups excluding carboxylic acids is 1. The van der Waals surface area contributed by atoms with E-state index in [0.29, 0.717) is 16.3 Å². The number of esters is 1. The Bertz CT molecular complexity index is 1190. The number of ether oxygens (including phenoxy) is 2. The van der Waals surface area contributed by atoms with Crippen LogP contribution in [0.4, 0.5) is 13.2 Å². The summed E-state index contributed by atoms with van der Waals surface area (Å²) in [5, 5.41) is 0.474. The van der Waals surface area contributed by atoms with E-state index in [1.54, 1.807) is 19.1 Å². The molecule has 0 bridgehead atoms. The van der Waals surface area contributed by atoms with Gasteiger partial charge in [-0.2, -0.15) is 13.2 Å². The molecule has 1 aromatic heterocycles. The van der Waals surface area contributed by atoms with Gasteiger partial charge in [-0.15, -0.1) is 0 Å². The van der Waals surface area contributed by atoms with Crippen molar-refractivity contribution in [2.24, 2.45) is 0 Å². The zero-order valence-electron chi connectivity index (χ0n) is 16.7. The molecular weight excluding hydrogens is 435 g/mol. The lowest BCUT2D eigenvalue weighted by molar-refractivity contribution is -0.143. The molecule has 0 spiro atoms. The summed E-state index contributed by atoms with van der Waals surface area (Å²) < 4.78 is 50.5. The lowest BCUT2D eigenvalue weighted by Crippen LogP contribution is -2.17. The molecule has 0 atom stereocenters. The predicted molar refractivity (Wildman–Crippen MR) is 112 cm³/mol. The van der Waals surface area contributed by atoms with Crippen LogP contribution in [-0.4, -0.2) is 24.7 Å². The molecule has 0 fully saturated rings. The second kappa shape index (κ2) is 9.01. The molecule has 1 heterocycles. The highest BCUT2D eigenvalue weighted by molar-refractivity contribution is 6.31. The Labute approximate surface area is 180 Å². The topological polar surface area (TPSA) is 68.4 Å². The highest BCUT2D eigenvalue weighted by Gasteiger charge is 2.31. The summed E-state index contributed by atoms with van der Waals surface area (Å²) in [7, 11) is 1.40. The van der Waals surface area contributed by atoms with E-state index in [0.717, 1.165) is 12.1 Å². The van der Waals surface area contributed by atoms with Crippen molar-refractivity contribution >= 4 is 28.5 Å². The molecule has 0 amide bonds. The second-order valence-corrected chi connectivity index (χ2v) is 7.15. The Morgan fingerprint density at radius 1 is 1.16 bits per heavy atom. The number of benzene rings is 2. The van der Waals surface area contributed by atoms with E-state index in [4.69, 9.17) is 21.1 Å². The Morgan fingerprint density at radius 3 is 2.55 bits per heavy atom. The summed E-state index contributed by atoms with van der Waals surface area (Å²) in [6.45, 7) is 1.83. The number of hydrogen-bond acceptors (Lipinski definition) is 4. The van der Waals surface area contributed by atoms with Gasteiger partial charge in [0.2, 0.25) is 0 Å². The van der Waals surface area contributed by atoms with Gasteiger partial charge in [0.25, 0.3) is 5.56 Å². The van der Waals surface area contributed by atoms with Gasteiger partial charge in [-0.05, 0) is 49.7 Å². The third-order valence-electron chi connectivity index (χ3n) is 4.76. The number of alkyl halides is 3. The minimum atomic E-state index is -4.58. The first kappa shape index (κ1) is 22.7. The summed E-state index contributed by atoms with van der Waals surface area (Å²) >= 11 is 6.14. The van der Waals surface area contributed by atoms with Crippen molar-refractivity contribution in [2.45, 2.75) is 25.9 Å². The molecule has 0 aliphatic heterocycles. The van der Waals surface area contributed by atoms with Gasteiger partial charge in [0.1, 0.15) is 5.75 Å². The van der Waals surface area contributed by atoms with Crippen LogP contribution >= 0.6 is 11.6 Å². The summed E-state index contributed by atoms with van der Waals surface area (Å²) in [4.78, 5) is 27.3. The first-order valence-corrected chi connectivity index (χ1v) is 9.79. The largest absolute Gasteiger partial charge is 0.496 e. The van der Waals surface area contributed by atoms with Gasteiger partial charge < -0.3 is 14.5 Å². The fourth-order valence-electron chi connectivity index (χ4n) is 3.39. The maximum atomic E-state index is 13.4. The third kappa shape index (κ3) is 4.85. The summed E-state index contributed by atoms with van der Waals surface area (Å²) in [6, 6.07) is 7.72. The molecule has 1 N–H and O–H groups in total. The number of aromatic amines is 1. The number of H-pyrrole nitrogens is 1. The lowest BCUT2D eigenvalue weighted by Gasteiger charge is -2.17. The van der Waals surface area contributed by atoms with E-state index < -0.39 is 23.3 Å². The van der Waals surface area contributed by atoms with Crippen LogP contribution in [0.15, 0.2) is 41.2 Å². The van der Waals surface area contributed by atoms with Crippen LogP contribution in [0.25, 0.3) is 22.0 Å². The fraction of sp³-hybridized carbons (Fsp3) is 0.273. The van der Waals surface area contributed by atoms with Gasteiger partial charge in [-0.3, -0.25) is 9.59 Å². The smallest absolute Gasteiger partial charge is 0.416 e. The standard InChI is InChI=1S/C22H19ClF3NO4/c1-3-31-19(28)9-6-14-20(16-11-13(23)5-8-18(16)30-2)15-10-12(22(24,25)26)4-7-17(15)27-21(14)29/h4-5,7-8,10-11H,3,6,9H2,1-2H3,(H,27,29). The minimum absolute atomic E-state index is 0.0364. The maximum absolute atomic E-state index is 13.4. The second-order valence-electron chi connectivity index (χ2n) is 6.72. The number of nitrogens with one attached hydrogen (secondary N) is 1. The van der Waals surface area contributed by atoms with Gasteiger partial charge >= 0.3 is 12.1 Å². The van der Waals surface area contributed by atoms with E-state index in [1.807, 2.05) is 0 Å². The van der Waals surface area contributed by atoms with Crippen molar-refractivity contribution in [2.75, 3.05) is 13.7 Å². The van der Waals surface area contributed by atoms with Crippen LogP contribution in [0, 0.1) is 0 Å². The molecule has 0 aliphatic rings. The van der Waals surface area contributed by atoms with Gasteiger partial charge in [0, 0.05) is 39.0 Å². The van der Waals surface area contributed by atoms with Crippen molar-refractivity contribution in [1.82, 2.24) is 4.98 Å². The van der Waals surface area contributed by atoms with Crippen LogP contribution in [0.1, 0.15) is 24.5 Å². The zero-order valence-corrected chi connectivity index (χ0v) is 17.5. The normalized spacial score (nSPS) is 11.5. The van der Waals surface area contributed by atoms with E-state index in [1.165, 1.54) is 19.2 Å². The number of aromatic nitrogens is 1. The molecule has 5 nitrogen and oxygen atoms in total. The molecule has 0 saturated carbocycles. The molecule has 9 heteroatoms. The highest BCUT2D eigenvalue weighted by atomic mass is 35.5. The van der Waals surface area contributed by atoms with Crippen molar-refractivity contribution in [3.63, 3.8) is 0 Å². The molecule has 0 aliphatic carbocycles. The Hall–Kier alpha value is -3.00. The SMILES string of the molecule is CCOC(=O)CCc1c(-c2cc(Cl)ccc2OC)c2cc(C(F)(F)F)ccc2[nH]c1=O. The average Bonchev–Trinajstić information content (AvgIpc) is 2.71. The first-order chi connectivity index (χ1) is 14.7. The van der Waals surface area contributed by atoms with Gasteiger partial charge in [0.15, 0.2) is 0 Å². The van der Waals surface area contributed by atoms with Crippen molar-refractivity contribution in [3.8, 4) is 16.9 Å². The van der Waals surface area contributed by atoms with Gasteiger partial charge in [0.05, 0.1) is 19.3 Å². The molecule has 2 aromatic carbocycles. The van der Waals surface area contributed by atoms with E-state index >= 15 is 0 Å². The average molecular weight is 454 g/mol. The fourth-order valence-corrected chi connectivity index (χ4v) is 3.56. The Kier molecular flexibility index (Phi) is 6.59. The summed E-state index contributed by atoms with van der Waals surface area (Å²) in [6.07, 6.45) is -4.73. The van der Waals surface area contributed by atoms with E-state index in [9.17, 15) is 22.8 Å². The van der Waals surface area contributed by atoms with Crippen LogP contribution in [0.3, 0.4) is 0 Å². The number of hydrogen-bond donors (Lipinski definition) is 1. The molecule has 0 saturated heterocycles. The number of carbonyl (C=O) groups is 1. The van der Waals surface area contributed by atoms with Crippen LogP contribution < -0.4 is 10.3 Å². The Balaban J connectivity index is 2.35. The zero-order chi connectivity index (χ0) is 22.8. The van der Waals surface area contributed by atoms with E-state index in [2.05, 4.69) is 4.98 Å². The molecule has 0 unspecified atom stereocenters. The van der Waals surface area contributed by atoms with Crippen LogP contribution in [-0.2, 0) is 22.1 Å². The molecule has 31 heavy (non-hydrogen) atoms. The van der Waals surface area contributed by atoms with Crippen LogP contribution in [0.5, 0.6) is 5.75 Å². The van der Waals surface area contributed by atoms with Crippen LogP contribution in [0.2, 0.25) is 5.02 Å². The monoisotopic (exact) mass is 453 g/mol. The minimum Gasteiger partial charge on any atom is -0.496 e. The first-order valence-electron chi connectivity index (χ1n) is 9.41. The number of methoxy groups -OCH3 is 1. The summed E-state index contributed by atoms with van der Waals surface area (Å²) in [5.74, 6) is -0.193. The lowest BCUT2D eigenvalue weighted by atomic mass is 9.92. The molecule has 3 rings (SSSR count). The van der Waals surface area contributed by atoms with E-state index in [-0.39, 0.29) is 41.5 Å². The number of pyridine rings is 1. The quantitative estimate of drug-likeness (QED) is 0.509. The summed E-state index contributed by atoms with van der Waals surface area (Å²) in [5.41, 5.74) is -0.452. The number of rotatable bonds is 6. The number of halogens is 4. The molecular formula is C22H19ClF3NO4. The molecule has 164 valence electrons. The van der Waals surface area contributed by atoms with Crippen molar-refractivity contribution < 1.29 is 27.4 Å². The number of fused-ring (bicyclic) bond motifs is 1. The maximum Gasteiger partial charge on any atom is 0.416 e. The van der Waals surface area contributed by atoms with Gasteiger partial charge in [-0.1, -0.05) is 11.6 Å².